The van der Waals surface area contributed by atoms with Crippen molar-refractivity contribution in [2.75, 3.05) is 5.32 Å². The quantitative estimate of drug-likeness (QED) is 0.446. The molecule has 32 heavy (non-hydrogen) atoms. The van der Waals surface area contributed by atoms with E-state index in [0.717, 1.165) is 44.9 Å². The molecule has 0 radical (unpaired) electrons. The van der Waals surface area contributed by atoms with Gasteiger partial charge in [-0.05, 0) is 49.4 Å². The Hall–Kier alpha value is -4.33. The number of rotatable bonds is 5. The molecular formula is C24H21N7O. The number of carbonyl (C=O) groups is 1. The van der Waals surface area contributed by atoms with Gasteiger partial charge in [0.05, 0.1) is 40.1 Å². The fourth-order valence-electron chi connectivity index (χ4n) is 3.83. The van der Waals surface area contributed by atoms with Gasteiger partial charge in [-0.3, -0.25) is 19.4 Å². The van der Waals surface area contributed by atoms with E-state index < -0.39 is 0 Å². The van der Waals surface area contributed by atoms with Gasteiger partial charge < -0.3 is 10.3 Å². The second-order valence-corrected chi connectivity index (χ2v) is 7.54. The number of pyridine rings is 3. The molecular weight excluding hydrogens is 402 g/mol. The third kappa shape index (κ3) is 3.74. The first-order chi connectivity index (χ1) is 15.6. The molecule has 5 heterocycles. The number of nitrogens with one attached hydrogen (secondary N) is 2. The summed E-state index contributed by atoms with van der Waals surface area (Å²) in [4.78, 5) is 29.5. The van der Waals surface area contributed by atoms with Crippen molar-refractivity contribution in [2.45, 2.75) is 13.3 Å². The first-order valence-electron chi connectivity index (χ1n) is 10.2. The monoisotopic (exact) mass is 423 g/mol. The standard InChI is InChI=1S/C24H21N7O/c1-15-12-17(31(2)30-15)14-21(32)29-20-13-16(8-11-26-20)23-22(18-6-3-4-9-25-18)24-19(28-23)7-5-10-27-24/h3-13,28H,14H2,1-2H3,(H,26,29,32). The Bertz CT molecular complexity index is 1420. The summed E-state index contributed by atoms with van der Waals surface area (Å²) in [5.74, 6) is 0.325. The number of amides is 1. The van der Waals surface area contributed by atoms with Gasteiger partial charge in [-0.25, -0.2) is 4.98 Å². The van der Waals surface area contributed by atoms with Gasteiger partial charge in [0.2, 0.25) is 5.91 Å². The molecule has 0 atom stereocenters. The van der Waals surface area contributed by atoms with Gasteiger partial charge in [0.15, 0.2) is 0 Å². The molecule has 0 bridgehead atoms. The molecule has 0 unspecified atom stereocenters. The van der Waals surface area contributed by atoms with E-state index in [0.29, 0.717) is 5.82 Å². The van der Waals surface area contributed by atoms with E-state index in [1.54, 1.807) is 23.3 Å². The number of carbonyl (C=O) groups excluding carboxylic acids is 1. The summed E-state index contributed by atoms with van der Waals surface area (Å²) in [7, 11) is 1.83. The maximum absolute atomic E-state index is 12.6. The van der Waals surface area contributed by atoms with Crippen molar-refractivity contribution < 1.29 is 4.79 Å². The summed E-state index contributed by atoms with van der Waals surface area (Å²) in [5.41, 5.74) is 6.96. The van der Waals surface area contributed by atoms with Gasteiger partial charge in [-0.1, -0.05) is 6.07 Å². The molecule has 5 rings (SSSR count). The molecule has 5 aromatic rings. The Kier molecular flexibility index (Phi) is 4.95. The summed E-state index contributed by atoms with van der Waals surface area (Å²) >= 11 is 0. The van der Waals surface area contributed by atoms with Gasteiger partial charge in [0.25, 0.3) is 0 Å². The number of aromatic nitrogens is 6. The fourth-order valence-corrected chi connectivity index (χ4v) is 3.83. The molecule has 0 aliphatic carbocycles. The van der Waals surface area contributed by atoms with Crippen LogP contribution in [0, 0.1) is 6.92 Å². The number of anilines is 1. The Morgan fingerprint density at radius 2 is 1.91 bits per heavy atom. The van der Waals surface area contributed by atoms with E-state index in [9.17, 15) is 4.79 Å². The van der Waals surface area contributed by atoms with Crippen LogP contribution in [-0.4, -0.2) is 35.6 Å². The maximum Gasteiger partial charge on any atom is 0.231 e. The summed E-state index contributed by atoms with van der Waals surface area (Å²) in [6.45, 7) is 1.90. The van der Waals surface area contributed by atoms with Crippen LogP contribution in [0.15, 0.2) is 67.1 Å². The lowest BCUT2D eigenvalue weighted by atomic mass is 10.0. The Labute approximate surface area is 184 Å². The topological polar surface area (TPSA) is 101 Å². The molecule has 0 spiro atoms. The molecule has 0 saturated heterocycles. The zero-order valence-corrected chi connectivity index (χ0v) is 17.7. The minimum atomic E-state index is -0.152. The van der Waals surface area contributed by atoms with Crippen LogP contribution in [0.25, 0.3) is 33.5 Å². The first kappa shape index (κ1) is 19.6. The highest BCUT2D eigenvalue weighted by Gasteiger charge is 2.18. The maximum atomic E-state index is 12.6. The van der Waals surface area contributed by atoms with Crippen LogP contribution in [0.4, 0.5) is 5.82 Å². The van der Waals surface area contributed by atoms with Crippen LogP contribution in [0.3, 0.4) is 0 Å². The molecule has 2 N–H and O–H groups in total. The van der Waals surface area contributed by atoms with Crippen LogP contribution in [-0.2, 0) is 18.3 Å². The first-order valence-corrected chi connectivity index (χ1v) is 10.2. The van der Waals surface area contributed by atoms with E-state index in [2.05, 4.69) is 30.4 Å². The van der Waals surface area contributed by atoms with Crippen molar-refractivity contribution in [2.24, 2.45) is 7.05 Å². The fraction of sp³-hybridized carbons (Fsp3) is 0.125. The van der Waals surface area contributed by atoms with Crippen LogP contribution in [0.1, 0.15) is 11.4 Å². The Balaban J connectivity index is 1.50. The lowest BCUT2D eigenvalue weighted by molar-refractivity contribution is -0.115. The third-order valence-electron chi connectivity index (χ3n) is 5.23. The highest BCUT2D eigenvalue weighted by molar-refractivity contribution is 6.01. The third-order valence-corrected chi connectivity index (χ3v) is 5.23. The minimum Gasteiger partial charge on any atom is -0.353 e. The number of H-pyrrole nitrogens is 1. The average molecular weight is 423 g/mol. The summed E-state index contributed by atoms with van der Waals surface area (Å²) in [5, 5.41) is 7.18. The molecule has 0 aliphatic heterocycles. The van der Waals surface area contributed by atoms with Crippen LogP contribution in [0.2, 0.25) is 0 Å². The molecule has 158 valence electrons. The summed E-state index contributed by atoms with van der Waals surface area (Å²) in [6, 6.07) is 15.3. The number of hydrogen-bond acceptors (Lipinski definition) is 5. The number of nitrogens with zero attached hydrogens (tertiary/aromatic N) is 5. The molecule has 8 heteroatoms. The lowest BCUT2D eigenvalue weighted by Crippen LogP contribution is -2.17. The molecule has 0 fully saturated rings. The van der Waals surface area contributed by atoms with Gasteiger partial charge in [0, 0.05) is 36.9 Å². The van der Waals surface area contributed by atoms with Gasteiger partial charge in [0.1, 0.15) is 5.82 Å². The Morgan fingerprint density at radius 1 is 1.03 bits per heavy atom. The highest BCUT2D eigenvalue weighted by Crippen LogP contribution is 2.36. The normalized spacial score (nSPS) is 11.1. The SMILES string of the molecule is Cc1cc(CC(=O)Nc2cc(-c3[nH]c4cccnc4c3-c3ccccn3)ccn2)n(C)n1. The van der Waals surface area contributed by atoms with Crippen molar-refractivity contribution in [1.29, 1.82) is 0 Å². The van der Waals surface area contributed by atoms with E-state index in [4.69, 9.17) is 0 Å². The molecule has 5 aromatic heterocycles. The van der Waals surface area contributed by atoms with E-state index in [-0.39, 0.29) is 12.3 Å². The van der Waals surface area contributed by atoms with Gasteiger partial charge >= 0.3 is 0 Å². The van der Waals surface area contributed by atoms with Crippen molar-refractivity contribution in [3.8, 4) is 22.5 Å². The smallest absolute Gasteiger partial charge is 0.231 e. The zero-order valence-electron chi connectivity index (χ0n) is 17.7. The molecule has 1 amide bonds. The van der Waals surface area contributed by atoms with E-state index in [1.807, 2.05) is 62.5 Å². The molecule has 0 aromatic carbocycles. The second-order valence-electron chi connectivity index (χ2n) is 7.54. The van der Waals surface area contributed by atoms with E-state index in [1.165, 1.54) is 0 Å². The van der Waals surface area contributed by atoms with Crippen LogP contribution in [0.5, 0.6) is 0 Å². The zero-order chi connectivity index (χ0) is 22.1. The number of aromatic amines is 1. The van der Waals surface area contributed by atoms with Crippen molar-refractivity contribution in [3.63, 3.8) is 0 Å². The van der Waals surface area contributed by atoms with Gasteiger partial charge in [-0.15, -0.1) is 0 Å². The predicted molar refractivity (Wildman–Crippen MR) is 123 cm³/mol. The van der Waals surface area contributed by atoms with Crippen LogP contribution >= 0.6 is 0 Å². The number of hydrogen-bond donors (Lipinski definition) is 2. The lowest BCUT2D eigenvalue weighted by Gasteiger charge is -2.08. The van der Waals surface area contributed by atoms with Crippen molar-refractivity contribution in [3.05, 3.63) is 78.5 Å². The molecule has 0 aliphatic rings. The second kappa shape index (κ2) is 8.07. The number of fused-ring (bicyclic) bond motifs is 1. The number of aryl methyl sites for hydroxylation is 2. The minimum absolute atomic E-state index is 0.152. The largest absolute Gasteiger partial charge is 0.353 e. The van der Waals surface area contributed by atoms with Gasteiger partial charge in [-0.2, -0.15) is 5.10 Å². The predicted octanol–water partition coefficient (Wildman–Crippen LogP) is 3.91. The highest BCUT2D eigenvalue weighted by atomic mass is 16.1. The average Bonchev–Trinajstić information content (AvgIpc) is 3.33. The van der Waals surface area contributed by atoms with Crippen molar-refractivity contribution >= 4 is 22.8 Å². The summed E-state index contributed by atoms with van der Waals surface area (Å²) in [6.07, 6.45) is 5.43. The molecule has 8 nitrogen and oxygen atoms in total. The summed E-state index contributed by atoms with van der Waals surface area (Å²) < 4.78 is 1.72. The van der Waals surface area contributed by atoms with Crippen molar-refractivity contribution in [1.82, 2.24) is 29.7 Å². The van der Waals surface area contributed by atoms with E-state index >= 15 is 0 Å². The Morgan fingerprint density at radius 3 is 2.69 bits per heavy atom. The molecule has 0 saturated carbocycles. The van der Waals surface area contributed by atoms with Crippen LogP contribution < -0.4 is 5.32 Å².